The fourth-order valence-corrected chi connectivity index (χ4v) is 1.23. The van der Waals surface area contributed by atoms with E-state index >= 15 is 0 Å². The van der Waals surface area contributed by atoms with E-state index in [4.69, 9.17) is 4.74 Å². The van der Waals surface area contributed by atoms with Gasteiger partial charge in [-0.25, -0.2) is 9.78 Å². The van der Waals surface area contributed by atoms with Crippen LogP contribution in [-0.4, -0.2) is 21.0 Å². The minimum Gasteiger partial charge on any atom is -0.507 e. The summed E-state index contributed by atoms with van der Waals surface area (Å²) in [6.07, 6.45) is 3.07. The van der Waals surface area contributed by atoms with Crippen molar-refractivity contribution in [2.24, 2.45) is 0 Å². The molecule has 17 heavy (non-hydrogen) atoms. The average molecular weight is 255 g/mol. The predicted molar refractivity (Wildman–Crippen MR) is 63.1 cm³/mol. The van der Waals surface area contributed by atoms with E-state index in [2.05, 4.69) is 9.97 Å². The summed E-state index contributed by atoms with van der Waals surface area (Å²) in [4.78, 5) is 18.1. The fourth-order valence-electron chi connectivity index (χ4n) is 1.23. The number of benzene rings is 1. The Kier molecular flexibility index (Phi) is 4.54. The number of ether oxygens (including phenoxy) is 1. The van der Waals surface area contributed by atoms with Gasteiger partial charge in [-0.15, -0.1) is 12.4 Å². The second-order valence-electron chi connectivity index (χ2n) is 3.17. The second-order valence-corrected chi connectivity index (χ2v) is 3.17. The molecule has 2 aromatic rings. The molecule has 0 unspecified atom stereocenters. The van der Waals surface area contributed by atoms with Crippen LogP contribution in [0.1, 0.15) is 16.1 Å². The lowest BCUT2D eigenvalue weighted by Crippen LogP contribution is -2.05. The van der Waals surface area contributed by atoms with Crippen molar-refractivity contribution in [3.05, 3.63) is 48.0 Å². The molecule has 90 valence electrons. The van der Waals surface area contributed by atoms with E-state index in [1.54, 1.807) is 18.3 Å². The van der Waals surface area contributed by atoms with Crippen LogP contribution in [-0.2, 0) is 11.3 Å². The SMILES string of the molecule is Cl.O=C(OCc1cnc[nH]1)c1ccccc1O. The predicted octanol–water partition coefficient (Wildman–Crippen LogP) is 1.89. The number of hydrogen-bond donors (Lipinski definition) is 2. The number of halogens is 1. The molecule has 0 bridgehead atoms. The summed E-state index contributed by atoms with van der Waals surface area (Å²) in [5.41, 5.74) is 0.853. The lowest BCUT2D eigenvalue weighted by molar-refractivity contribution is 0.0465. The average Bonchev–Trinajstić information content (AvgIpc) is 2.79. The Morgan fingerprint density at radius 1 is 1.41 bits per heavy atom. The summed E-state index contributed by atoms with van der Waals surface area (Å²) in [7, 11) is 0. The first-order chi connectivity index (χ1) is 7.77. The molecule has 1 heterocycles. The molecule has 0 radical (unpaired) electrons. The van der Waals surface area contributed by atoms with Crippen molar-refractivity contribution in [3.8, 4) is 5.75 Å². The number of hydrogen-bond acceptors (Lipinski definition) is 4. The maximum absolute atomic E-state index is 11.5. The molecule has 0 spiro atoms. The topological polar surface area (TPSA) is 75.2 Å². The smallest absolute Gasteiger partial charge is 0.342 e. The number of H-pyrrole nitrogens is 1. The van der Waals surface area contributed by atoms with E-state index in [9.17, 15) is 9.90 Å². The second kappa shape index (κ2) is 5.91. The van der Waals surface area contributed by atoms with Gasteiger partial charge in [-0.2, -0.15) is 0 Å². The first-order valence-corrected chi connectivity index (χ1v) is 4.70. The largest absolute Gasteiger partial charge is 0.507 e. The molecule has 0 fully saturated rings. The minimum atomic E-state index is -0.562. The lowest BCUT2D eigenvalue weighted by Gasteiger charge is -2.04. The number of nitrogens with zero attached hydrogens (tertiary/aromatic N) is 1. The molecular weight excluding hydrogens is 244 g/mol. The van der Waals surface area contributed by atoms with Gasteiger partial charge in [0.2, 0.25) is 0 Å². The quantitative estimate of drug-likeness (QED) is 0.821. The highest BCUT2D eigenvalue weighted by molar-refractivity contribution is 5.92. The van der Waals surface area contributed by atoms with E-state index in [1.807, 2.05) is 0 Å². The van der Waals surface area contributed by atoms with Gasteiger partial charge in [0.15, 0.2) is 0 Å². The van der Waals surface area contributed by atoms with E-state index in [0.29, 0.717) is 5.69 Å². The van der Waals surface area contributed by atoms with Crippen LogP contribution in [0.25, 0.3) is 0 Å². The molecule has 0 aliphatic rings. The Hall–Kier alpha value is -2.01. The number of phenols is 1. The summed E-state index contributed by atoms with van der Waals surface area (Å²) in [6.45, 7) is 0.104. The molecule has 1 aromatic heterocycles. The number of imidazole rings is 1. The van der Waals surface area contributed by atoms with Crippen LogP contribution in [0.4, 0.5) is 0 Å². The van der Waals surface area contributed by atoms with Gasteiger partial charge in [0.1, 0.15) is 17.9 Å². The number of carbonyl (C=O) groups excluding carboxylic acids is 1. The number of nitrogens with one attached hydrogen (secondary N) is 1. The summed E-state index contributed by atoms with van der Waals surface area (Å²) in [5.74, 6) is -0.648. The van der Waals surface area contributed by atoms with Crippen molar-refractivity contribution in [1.82, 2.24) is 9.97 Å². The summed E-state index contributed by atoms with van der Waals surface area (Å²) < 4.78 is 4.98. The molecule has 2 N–H and O–H groups in total. The van der Waals surface area contributed by atoms with Gasteiger partial charge in [-0.1, -0.05) is 12.1 Å². The van der Waals surface area contributed by atoms with Crippen LogP contribution in [0.15, 0.2) is 36.8 Å². The van der Waals surface area contributed by atoms with Crippen molar-refractivity contribution in [3.63, 3.8) is 0 Å². The van der Waals surface area contributed by atoms with Crippen molar-refractivity contribution in [2.75, 3.05) is 0 Å². The van der Waals surface area contributed by atoms with Gasteiger partial charge >= 0.3 is 5.97 Å². The zero-order chi connectivity index (χ0) is 11.4. The van der Waals surface area contributed by atoms with Crippen LogP contribution < -0.4 is 0 Å². The molecule has 0 atom stereocenters. The number of phenolic OH excluding ortho intramolecular Hbond substituents is 1. The Bertz CT molecular complexity index is 485. The molecule has 0 saturated carbocycles. The van der Waals surface area contributed by atoms with Crippen molar-refractivity contribution < 1.29 is 14.6 Å². The highest BCUT2D eigenvalue weighted by Crippen LogP contribution is 2.16. The van der Waals surface area contributed by atoms with Crippen LogP contribution in [0.5, 0.6) is 5.75 Å². The molecule has 1 aromatic carbocycles. The summed E-state index contributed by atoms with van der Waals surface area (Å²) in [5, 5.41) is 9.42. The number of para-hydroxylation sites is 1. The Balaban J connectivity index is 0.00000144. The van der Waals surface area contributed by atoms with E-state index in [-0.39, 0.29) is 30.3 Å². The van der Waals surface area contributed by atoms with Gasteiger partial charge in [0.25, 0.3) is 0 Å². The fraction of sp³-hybridized carbons (Fsp3) is 0.0909. The number of esters is 1. The van der Waals surface area contributed by atoms with Gasteiger partial charge in [0.05, 0.1) is 18.2 Å². The first-order valence-electron chi connectivity index (χ1n) is 4.70. The lowest BCUT2D eigenvalue weighted by atomic mass is 10.2. The van der Waals surface area contributed by atoms with Crippen LogP contribution in [0.3, 0.4) is 0 Å². The molecule has 5 nitrogen and oxygen atoms in total. The molecule has 6 heteroatoms. The third-order valence-electron chi connectivity index (χ3n) is 2.04. The zero-order valence-corrected chi connectivity index (χ0v) is 9.61. The zero-order valence-electron chi connectivity index (χ0n) is 8.79. The maximum atomic E-state index is 11.5. The van der Waals surface area contributed by atoms with E-state index in [0.717, 1.165) is 0 Å². The number of aromatic hydroxyl groups is 1. The molecule has 0 saturated heterocycles. The summed E-state index contributed by atoms with van der Waals surface area (Å²) >= 11 is 0. The van der Waals surface area contributed by atoms with Gasteiger partial charge in [-0.05, 0) is 12.1 Å². The highest BCUT2D eigenvalue weighted by atomic mass is 35.5. The number of aromatic amines is 1. The molecule has 0 aliphatic heterocycles. The van der Waals surface area contributed by atoms with Gasteiger partial charge < -0.3 is 14.8 Å². The molecule has 2 rings (SSSR count). The van der Waals surface area contributed by atoms with Crippen LogP contribution in [0.2, 0.25) is 0 Å². The number of carbonyl (C=O) groups is 1. The third-order valence-corrected chi connectivity index (χ3v) is 2.04. The minimum absolute atomic E-state index is 0. The van der Waals surface area contributed by atoms with Crippen LogP contribution >= 0.6 is 12.4 Å². The normalized spacial score (nSPS) is 9.41. The van der Waals surface area contributed by atoms with Crippen molar-refractivity contribution >= 4 is 18.4 Å². The highest BCUT2D eigenvalue weighted by Gasteiger charge is 2.11. The van der Waals surface area contributed by atoms with E-state index in [1.165, 1.54) is 18.5 Å². The summed E-state index contributed by atoms with van der Waals surface area (Å²) in [6, 6.07) is 6.24. The van der Waals surface area contributed by atoms with Crippen LogP contribution in [0, 0.1) is 0 Å². The number of rotatable bonds is 3. The molecular formula is C11H11ClN2O3. The molecule has 0 amide bonds. The third kappa shape index (κ3) is 3.22. The van der Waals surface area contributed by atoms with Crippen molar-refractivity contribution in [2.45, 2.75) is 6.61 Å². The Morgan fingerprint density at radius 3 is 2.82 bits per heavy atom. The Morgan fingerprint density at radius 2 is 2.18 bits per heavy atom. The standard InChI is InChI=1S/C11H10N2O3.ClH/c14-10-4-2-1-3-9(10)11(15)16-6-8-5-12-7-13-8;/h1-5,7,14H,6H2,(H,12,13);1H. The maximum Gasteiger partial charge on any atom is 0.342 e. The number of aromatic nitrogens is 2. The van der Waals surface area contributed by atoms with E-state index < -0.39 is 5.97 Å². The molecule has 0 aliphatic carbocycles. The Labute approximate surface area is 104 Å². The monoisotopic (exact) mass is 254 g/mol. The first kappa shape index (κ1) is 13.1. The van der Waals surface area contributed by atoms with Gasteiger partial charge in [0, 0.05) is 0 Å². The van der Waals surface area contributed by atoms with Gasteiger partial charge in [-0.3, -0.25) is 0 Å². The van der Waals surface area contributed by atoms with Crippen molar-refractivity contribution in [1.29, 1.82) is 0 Å².